The summed E-state index contributed by atoms with van der Waals surface area (Å²) in [6, 6.07) is 3.50. The van der Waals surface area contributed by atoms with Gasteiger partial charge in [-0.1, -0.05) is 18.2 Å². The molecule has 0 bridgehead atoms. The van der Waals surface area contributed by atoms with Gasteiger partial charge in [0.05, 0.1) is 18.7 Å². The summed E-state index contributed by atoms with van der Waals surface area (Å²) in [7, 11) is 1.42. The summed E-state index contributed by atoms with van der Waals surface area (Å²) in [5.74, 6) is -0.311. The zero-order valence-electron chi connectivity index (χ0n) is 13.8. The second-order valence-corrected chi connectivity index (χ2v) is 5.17. The molecule has 7 nitrogen and oxygen atoms in total. The second kappa shape index (κ2) is 7.54. The number of carbonyl (C=O) groups is 2. The van der Waals surface area contributed by atoms with Gasteiger partial charge in [-0.2, -0.15) is 0 Å². The molecule has 1 aromatic carbocycles. The number of hydrogen-bond donors (Lipinski definition) is 3. The molecule has 0 spiro atoms. The number of hydrogen-bond acceptors (Lipinski definition) is 5. The van der Waals surface area contributed by atoms with Crippen LogP contribution in [0.5, 0.6) is 11.5 Å². The normalized spacial score (nSPS) is 17.5. The van der Waals surface area contributed by atoms with E-state index in [1.54, 1.807) is 31.2 Å². The largest absolute Gasteiger partial charge is 0.504 e. The number of amides is 2. The Hall–Kier alpha value is -2.96. The maximum Gasteiger partial charge on any atom is 0.338 e. The number of allylic oxidation sites excluding steroid dienone is 2. The van der Waals surface area contributed by atoms with Gasteiger partial charge in [-0.05, 0) is 31.5 Å². The van der Waals surface area contributed by atoms with Gasteiger partial charge in [-0.3, -0.25) is 0 Å². The van der Waals surface area contributed by atoms with Crippen molar-refractivity contribution in [2.45, 2.75) is 19.9 Å². The van der Waals surface area contributed by atoms with Gasteiger partial charge in [0, 0.05) is 5.70 Å². The molecule has 2 amide bonds. The summed E-state index contributed by atoms with van der Waals surface area (Å²) >= 11 is 0. The van der Waals surface area contributed by atoms with Crippen molar-refractivity contribution in [3.63, 3.8) is 0 Å². The van der Waals surface area contributed by atoms with Crippen LogP contribution in [0.3, 0.4) is 0 Å². The Morgan fingerprint density at radius 1 is 1.42 bits per heavy atom. The van der Waals surface area contributed by atoms with Crippen molar-refractivity contribution in [1.82, 2.24) is 10.6 Å². The monoisotopic (exact) mass is 332 g/mol. The Kier molecular flexibility index (Phi) is 5.47. The van der Waals surface area contributed by atoms with E-state index in [1.807, 2.05) is 6.92 Å². The molecule has 1 aliphatic rings. The first-order valence-corrected chi connectivity index (χ1v) is 7.41. The molecule has 1 heterocycles. The molecule has 0 saturated carbocycles. The van der Waals surface area contributed by atoms with E-state index in [4.69, 9.17) is 9.47 Å². The van der Waals surface area contributed by atoms with E-state index in [0.717, 1.165) is 0 Å². The fourth-order valence-corrected chi connectivity index (χ4v) is 2.39. The quantitative estimate of drug-likeness (QED) is 0.567. The van der Waals surface area contributed by atoms with Crippen molar-refractivity contribution < 1.29 is 24.2 Å². The van der Waals surface area contributed by atoms with E-state index < -0.39 is 18.0 Å². The lowest BCUT2D eigenvalue weighted by atomic mass is 9.95. The third-order valence-corrected chi connectivity index (χ3v) is 3.57. The number of ether oxygens (including phenoxy) is 2. The van der Waals surface area contributed by atoms with E-state index in [-0.39, 0.29) is 18.1 Å². The van der Waals surface area contributed by atoms with Gasteiger partial charge in [0.2, 0.25) is 0 Å². The van der Waals surface area contributed by atoms with Crippen LogP contribution in [-0.4, -0.2) is 30.8 Å². The van der Waals surface area contributed by atoms with Crippen molar-refractivity contribution in [3.05, 3.63) is 47.2 Å². The topological polar surface area (TPSA) is 96.9 Å². The average molecular weight is 332 g/mol. The van der Waals surface area contributed by atoms with E-state index in [2.05, 4.69) is 10.6 Å². The molecule has 0 radical (unpaired) electrons. The Labute approximate surface area is 140 Å². The maximum atomic E-state index is 12.4. The SMILES string of the molecule is C/C=C/COC(=O)C1=C(C)NC(=O)NC1c1ccc(O)c(OC)c1. The van der Waals surface area contributed by atoms with Crippen molar-refractivity contribution in [2.24, 2.45) is 0 Å². The first kappa shape index (κ1) is 17.4. The summed E-state index contributed by atoms with van der Waals surface area (Å²) in [6.45, 7) is 3.60. The summed E-state index contributed by atoms with van der Waals surface area (Å²) in [4.78, 5) is 24.2. The lowest BCUT2D eigenvalue weighted by Gasteiger charge is -2.28. The predicted molar refractivity (Wildman–Crippen MR) is 87.5 cm³/mol. The van der Waals surface area contributed by atoms with E-state index in [0.29, 0.717) is 16.8 Å². The number of benzene rings is 1. The smallest absolute Gasteiger partial charge is 0.338 e. The number of phenols is 1. The Balaban J connectivity index is 2.39. The highest BCUT2D eigenvalue weighted by Gasteiger charge is 2.32. The van der Waals surface area contributed by atoms with Crippen molar-refractivity contribution in [3.8, 4) is 11.5 Å². The van der Waals surface area contributed by atoms with Gasteiger partial charge in [0.15, 0.2) is 11.5 Å². The van der Waals surface area contributed by atoms with Gasteiger partial charge in [-0.25, -0.2) is 9.59 Å². The van der Waals surface area contributed by atoms with Crippen LogP contribution in [0.2, 0.25) is 0 Å². The summed E-state index contributed by atoms with van der Waals surface area (Å²) in [6.07, 6.45) is 3.49. The fraction of sp³-hybridized carbons (Fsp3) is 0.294. The highest BCUT2D eigenvalue weighted by Crippen LogP contribution is 2.33. The minimum atomic E-state index is -0.702. The zero-order valence-corrected chi connectivity index (χ0v) is 13.8. The zero-order chi connectivity index (χ0) is 17.7. The predicted octanol–water partition coefficient (Wildman–Crippen LogP) is 2.15. The lowest BCUT2D eigenvalue weighted by Crippen LogP contribution is -2.45. The molecule has 7 heteroatoms. The number of esters is 1. The molecule has 0 aliphatic carbocycles. The average Bonchev–Trinajstić information content (AvgIpc) is 2.54. The van der Waals surface area contributed by atoms with Gasteiger partial charge in [0.1, 0.15) is 6.61 Å². The molecule has 0 fully saturated rings. The highest BCUT2D eigenvalue weighted by atomic mass is 16.5. The first-order chi connectivity index (χ1) is 11.5. The molecule has 1 aliphatic heterocycles. The number of rotatable bonds is 5. The van der Waals surface area contributed by atoms with Crippen LogP contribution < -0.4 is 15.4 Å². The number of nitrogens with one attached hydrogen (secondary N) is 2. The minimum Gasteiger partial charge on any atom is -0.504 e. The standard InChI is InChI=1S/C17H20N2O5/c1-4-5-8-24-16(21)14-10(2)18-17(22)19-15(14)11-6-7-12(20)13(9-11)23-3/h4-7,9,15,20H,8H2,1-3H3,(H2,18,19,22)/b5-4+. The molecule has 24 heavy (non-hydrogen) atoms. The van der Waals surface area contributed by atoms with Gasteiger partial charge < -0.3 is 25.2 Å². The Morgan fingerprint density at radius 2 is 2.17 bits per heavy atom. The molecule has 3 N–H and O–H groups in total. The summed E-state index contributed by atoms with van der Waals surface area (Å²) < 4.78 is 10.3. The molecule has 1 unspecified atom stereocenters. The van der Waals surface area contributed by atoms with Gasteiger partial charge in [-0.15, -0.1) is 0 Å². The van der Waals surface area contributed by atoms with Crippen LogP contribution in [0.25, 0.3) is 0 Å². The number of carbonyl (C=O) groups excluding carboxylic acids is 2. The van der Waals surface area contributed by atoms with E-state index in [9.17, 15) is 14.7 Å². The second-order valence-electron chi connectivity index (χ2n) is 5.17. The molecular weight excluding hydrogens is 312 g/mol. The molecule has 2 rings (SSSR count). The third-order valence-electron chi connectivity index (χ3n) is 3.57. The van der Waals surface area contributed by atoms with Crippen molar-refractivity contribution >= 4 is 12.0 Å². The van der Waals surface area contributed by atoms with Gasteiger partial charge >= 0.3 is 12.0 Å². The van der Waals surface area contributed by atoms with Crippen LogP contribution in [-0.2, 0) is 9.53 Å². The first-order valence-electron chi connectivity index (χ1n) is 7.41. The molecule has 1 atom stereocenters. The number of urea groups is 1. The van der Waals surface area contributed by atoms with Crippen LogP contribution in [0, 0.1) is 0 Å². The van der Waals surface area contributed by atoms with Crippen LogP contribution >= 0.6 is 0 Å². The molecular formula is C17H20N2O5. The van der Waals surface area contributed by atoms with Crippen LogP contribution in [0.4, 0.5) is 4.79 Å². The molecule has 128 valence electrons. The number of methoxy groups -OCH3 is 1. The van der Waals surface area contributed by atoms with Crippen molar-refractivity contribution in [2.75, 3.05) is 13.7 Å². The number of phenolic OH excluding ortho intramolecular Hbond substituents is 1. The van der Waals surface area contributed by atoms with Crippen LogP contribution in [0.15, 0.2) is 41.6 Å². The molecule has 0 saturated heterocycles. The summed E-state index contributed by atoms with van der Waals surface area (Å²) in [5.41, 5.74) is 1.31. The molecule has 0 aromatic heterocycles. The van der Waals surface area contributed by atoms with E-state index >= 15 is 0 Å². The Bertz CT molecular complexity index is 709. The lowest BCUT2D eigenvalue weighted by molar-refractivity contribution is -0.138. The third kappa shape index (κ3) is 3.68. The highest BCUT2D eigenvalue weighted by molar-refractivity contribution is 5.95. The van der Waals surface area contributed by atoms with E-state index in [1.165, 1.54) is 13.2 Å². The van der Waals surface area contributed by atoms with Crippen LogP contribution in [0.1, 0.15) is 25.5 Å². The summed E-state index contributed by atoms with van der Waals surface area (Å²) in [5, 5.41) is 15.0. The maximum absolute atomic E-state index is 12.4. The van der Waals surface area contributed by atoms with Gasteiger partial charge in [0.25, 0.3) is 0 Å². The fourth-order valence-electron chi connectivity index (χ4n) is 2.39. The Morgan fingerprint density at radius 3 is 2.83 bits per heavy atom. The van der Waals surface area contributed by atoms with Crippen molar-refractivity contribution in [1.29, 1.82) is 0 Å². The number of aromatic hydroxyl groups is 1. The minimum absolute atomic E-state index is 0.0283. The molecule has 1 aromatic rings.